The number of fused-ring (bicyclic) bond motifs is 3. The predicted molar refractivity (Wildman–Crippen MR) is 158 cm³/mol. The molecule has 210 valence electrons. The van der Waals surface area contributed by atoms with Crippen molar-refractivity contribution in [3.8, 4) is 0 Å². The van der Waals surface area contributed by atoms with E-state index in [9.17, 15) is 14.4 Å². The first-order valence-electron chi connectivity index (χ1n) is 14.1. The topological polar surface area (TPSA) is 87.0 Å². The number of halogens is 1. The first kappa shape index (κ1) is 27.2. The number of amides is 3. The highest BCUT2D eigenvalue weighted by Crippen LogP contribution is 2.47. The molecule has 1 N–H and O–H groups in total. The minimum absolute atomic E-state index is 0.0930. The standard InChI is InChI=1S/C32H32ClN5O3/c1-18(2)11-26(30(40)38-17-32(15-27(38)34-3)23-7-5-6-8-25(23)36-31(32)41)37(4)29(39)21-12-20-13-22(19-9-10-19)16-35-28(20)24(33)14-21/h5-8,12-14,16,18-19,26-27H,9-11,15,17H2,1-2,4H3,(H,36,41)/t26-,27-,32-/m0/s1. The normalized spacial score (nSPS) is 22.1. The summed E-state index contributed by atoms with van der Waals surface area (Å²) < 4.78 is 0. The van der Waals surface area contributed by atoms with Gasteiger partial charge in [0.15, 0.2) is 0 Å². The summed E-state index contributed by atoms with van der Waals surface area (Å²) in [5.74, 6) is -0.245. The van der Waals surface area contributed by atoms with Gasteiger partial charge in [0, 0.05) is 36.4 Å². The van der Waals surface area contributed by atoms with Crippen molar-refractivity contribution in [3.05, 3.63) is 81.8 Å². The summed E-state index contributed by atoms with van der Waals surface area (Å²) in [6.07, 6.45) is 3.95. The van der Waals surface area contributed by atoms with Crippen LogP contribution < -0.4 is 5.32 Å². The predicted octanol–water partition coefficient (Wildman–Crippen LogP) is 5.62. The number of para-hydroxylation sites is 1. The highest BCUT2D eigenvalue weighted by atomic mass is 35.5. The second-order valence-electron chi connectivity index (χ2n) is 12.0. The largest absolute Gasteiger partial charge is 0.330 e. The number of rotatable bonds is 6. The maximum Gasteiger partial charge on any atom is 0.302 e. The molecule has 3 aliphatic rings. The Morgan fingerprint density at radius 2 is 2.00 bits per heavy atom. The van der Waals surface area contributed by atoms with Crippen LogP contribution in [-0.2, 0) is 15.0 Å². The molecule has 3 aromatic rings. The third-order valence-electron chi connectivity index (χ3n) is 8.71. The van der Waals surface area contributed by atoms with Crippen LogP contribution in [0, 0.1) is 12.5 Å². The molecule has 1 saturated carbocycles. The molecule has 2 aliphatic heterocycles. The molecular formula is C32H32ClN5O3. The van der Waals surface area contributed by atoms with Crippen LogP contribution in [0.3, 0.4) is 0 Å². The summed E-state index contributed by atoms with van der Waals surface area (Å²) >= 11 is 6.57. The van der Waals surface area contributed by atoms with Crippen molar-refractivity contribution in [1.82, 2.24) is 14.8 Å². The fourth-order valence-corrected chi connectivity index (χ4v) is 6.63. The van der Waals surface area contributed by atoms with Crippen molar-refractivity contribution in [2.45, 2.75) is 63.1 Å². The Bertz CT molecular complexity index is 1630. The van der Waals surface area contributed by atoms with Crippen molar-refractivity contribution >= 4 is 45.9 Å². The summed E-state index contributed by atoms with van der Waals surface area (Å²) in [5, 5.41) is 4.11. The van der Waals surface area contributed by atoms with Crippen molar-refractivity contribution in [3.63, 3.8) is 0 Å². The lowest BCUT2D eigenvalue weighted by atomic mass is 9.80. The Hall–Kier alpha value is -3.96. The van der Waals surface area contributed by atoms with Crippen LogP contribution in [0.15, 0.2) is 48.7 Å². The number of nitrogens with zero attached hydrogens (tertiary/aromatic N) is 4. The number of hydrogen-bond donors (Lipinski definition) is 1. The average molecular weight is 570 g/mol. The van der Waals surface area contributed by atoms with E-state index in [0.717, 1.165) is 29.4 Å². The molecule has 41 heavy (non-hydrogen) atoms. The fourth-order valence-electron chi connectivity index (χ4n) is 6.35. The van der Waals surface area contributed by atoms with Gasteiger partial charge in [-0.2, -0.15) is 0 Å². The SMILES string of the molecule is [C-]#[N+][C@@H]1C[C@@]2(CN1C(=O)[C@H](CC(C)C)N(C)C(=O)c1cc(Cl)c3ncc(C4CC4)cc3c1)C(=O)Nc1ccccc12. The molecule has 2 fully saturated rings. The molecule has 1 saturated heterocycles. The number of likely N-dealkylation sites (N-methyl/N-ethyl adjacent to an activating group) is 1. The van der Waals surface area contributed by atoms with Gasteiger partial charge in [0.25, 0.3) is 11.8 Å². The lowest BCUT2D eigenvalue weighted by molar-refractivity contribution is -0.136. The second kappa shape index (κ2) is 10.1. The van der Waals surface area contributed by atoms with E-state index in [1.54, 1.807) is 19.2 Å². The van der Waals surface area contributed by atoms with Gasteiger partial charge in [0.05, 0.1) is 17.0 Å². The zero-order chi connectivity index (χ0) is 29.1. The van der Waals surface area contributed by atoms with Crippen LogP contribution in [0.25, 0.3) is 15.7 Å². The van der Waals surface area contributed by atoms with E-state index in [4.69, 9.17) is 18.2 Å². The zero-order valence-corrected chi connectivity index (χ0v) is 24.1. The number of hydrogen-bond acceptors (Lipinski definition) is 4. The fraction of sp³-hybridized carbons (Fsp3) is 0.406. The molecule has 6 rings (SSSR count). The maximum absolute atomic E-state index is 14.2. The minimum Gasteiger partial charge on any atom is -0.330 e. The van der Waals surface area contributed by atoms with Crippen LogP contribution in [0.4, 0.5) is 5.69 Å². The number of pyridine rings is 1. The second-order valence-corrected chi connectivity index (χ2v) is 12.4. The minimum atomic E-state index is -0.982. The van der Waals surface area contributed by atoms with Crippen molar-refractivity contribution in [2.75, 3.05) is 18.9 Å². The maximum atomic E-state index is 14.2. The first-order valence-corrected chi connectivity index (χ1v) is 14.4. The van der Waals surface area contributed by atoms with Crippen LogP contribution >= 0.6 is 11.6 Å². The summed E-state index contributed by atoms with van der Waals surface area (Å²) in [4.78, 5) is 52.6. The van der Waals surface area contributed by atoms with Gasteiger partial charge in [0.2, 0.25) is 5.91 Å². The number of benzene rings is 2. The lowest BCUT2D eigenvalue weighted by Crippen LogP contribution is -2.51. The molecule has 3 amide bonds. The monoisotopic (exact) mass is 569 g/mol. The number of carbonyl (C=O) groups is 3. The van der Waals surface area contributed by atoms with Crippen molar-refractivity contribution < 1.29 is 14.4 Å². The van der Waals surface area contributed by atoms with Gasteiger partial charge in [-0.3, -0.25) is 29.1 Å². The molecule has 1 spiro atoms. The number of likely N-dealkylation sites (tertiary alicyclic amines) is 1. The molecule has 3 atom stereocenters. The summed E-state index contributed by atoms with van der Waals surface area (Å²) in [6.45, 7) is 12.0. The first-order chi connectivity index (χ1) is 19.6. The van der Waals surface area contributed by atoms with Gasteiger partial charge in [-0.05, 0) is 66.5 Å². The highest BCUT2D eigenvalue weighted by molar-refractivity contribution is 6.35. The smallest absolute Gasteiger partial charge is 0.302 e. The Morgan fingerprint density at radius 1 is 1.24 bits per heavy atom. The Balaban J connectivity index is 1.31. The van der Waals surface area contributed by atoms with E-state index in [2.05, 4.69) is 15.1 Å². The van der Waals surface area contributed by atoms with E-state index in [-0.39, 0.29) is 36.6 Å². The van der Waals surface area contributed by atoms with Gasteiger partial charge >= 0.3 is 6.17 Å². The van der Waals surface area contributed by atoms with Gasteiger partial charge in [-0.15, -0.1) is 0 Å². The number of anilines is 1. The van der Waals surface area contributed by atoms with E-state index in [1.165, 1.54) is 9.80 Å². The van der Waals surface area contributed by atoms with Crippen molar-refractivity contribution in [1.29, 1.82) is 0 Å². The third kappa shape index (κ3) is 4.62. The van der Waals surface area contributed by atoms with Gasteiger partial charge < -0.3 is 10.2 Å². The van der Waals surface area contributed by atoms with Crippen molar-refractivity contribution in [2.24, 2.45) is 5.92 Å². The molecule has 0 bridgehead atoms. The quantitative estimate of drug-likeness (QED) is 0.390. The average Bonchev–Trinajstić information content (AvgIpc) is 3.68. The molecule has 1 aliphatic carbocycles. The highest BCUT2D eigenvalue weighted by Gasteiger charge is 2.59. The molecular weight excluding hydrogens is 538 g/mol. The molecule has 2 aromatic carbocycles. The zero-order valence-electron chi connectivity index (χ0n) is 23.4. The van der Waals surface area contributed by atoms with E-state index < -0.39 is 17.6 Å². The number of nitrogens with one attached hydrogen (secondary N) is 1. The lowest BCUT2D eigenvalue weighted by Gasteiger charge is -2.32. The Labute approximate surface area is 244 Å². The summed E-state index contributed by atoms with van der Waals surface area (Å²) in [7, 11) is 1.63. The van der Waals surface area contributed by atoms with E-state index in [0.29, 0.717) is 34.1 Å². The van der Waals surface area contributed by atoms with Crippen LogP contribution in [0.2, 0.25) is 5.02 Å². The molecule has 0 radical (unpaired) electrons. The number of aromatic nitrogens is 1. The van der Waals surface area contributed by atoms with Gasteiger partial charge in [-0.25, -0.2) is 6.57 Å². The third-order valence-corrected chi connectivity index (χ3v) is 9.00. The van der Waals surface area contributed by atoms with Crippen LogP contribution in [-0.4, -0.2) is 58.3 Å². The Kier molecular flexibility index (Phi) is 6.74. The van der Waals surface area contributed by atoms with E-state index >= 15 is 0 Å². The molecule has 1 aromatic heterocycles. The van der Waals surface area contributed by atoms with Gasteiger partial charge in [-0.1, -0.05) is 43.6 Å². The molecule has 0 unspecified atom stereocenters. The number of carbonyl (C=O) groups excluding carboxylic acids is 3. The van der Waals surface area contributed by atoms with Crippen LogP contribution in [0.5, 0.6) is 0 Å². The molecule has 8 nitrogen and oxygen atoms in total. The van der Waals surface area contributed by atoms with E-state index in [1.807, 2.05) is 50.4 Å². The molecule has 9 heteroatoms. The Morgan fingerprint density at radius 3 is 2.71 bits per heavy atom. The van der Waals surface area contributed by atoms with Crippen LogP contribution in [0.1, 0.15) is 66.9 Å². The molecule has 3 heterocycles. The summed E-state index contributed by atoms with van der Waals surface area (Å²) in [6, 6.07) is 12.1. The summed E-state index contributed by atoms with van der Waals surface area (Å²) in [5.41, 5.74) is 2.71. The van der Waals surface area contributed by atoms with Gasteiger partial charge in [0.1, 0.15) is 11.5 Å².